The summed E-state index contributed by atoms with van der Waals surface area (Å²) in [6, 6.07) is 19.7. The van der Waals surface area contributed by atoms with E-state index in [1.54, 1.807) is 19.2 Å². The van der Waals surface area contributed by atoms with Crippen molar-refractivity contribution in [2.24, 2.45) is 0 Å². The Kier molecular flexibility index (Phi) is 7.97. The molecule has 0 amide bonds. The van der Waals surface area contributed by atoms with Gasteiger partial charge in [-0.3, -0.25) is 10.1 Å². The van der Waals surface area contributed by atoms with Crippen molar-refractivity contribution in [1.82, 2.24) is 15.6 Å². The van der Waals surface area contributed by atoms with Crippen LogP contribution in [0.25, 0.3) is 10.2 Å². The van der Waals surface area contributed by atoms with E-state index >= 15 is 0 Å². The van der Waals surface area contributed by atoms with Crippen molar-refractivity contribution in [2.45, 2.75) is 32.2 Å². The Morgan fingerprint density at radius 3 is 2.56 bits per heavy atom. The highest BCUT2D eigenvalue weighted by Gasteiger charge is 2.13. The number of H-pyrrole nitrogens is 1. The van der Waals surface area contributed by atoms with Crippen molar-refractivity contribution >= 4 is 21.6 Å². The number of aliphatic hydroxyl groups is 1. The third kappa shape index (κ3) is 6.24. The molecule has 0 saturated carbocycles. The Bertz CT molecular complexity index is 1300. The number of thiazole rings is 1. The van der Waals surface area contributed by atoms with Crippen LogP contribution in [0.15, 0.2) is 65.5 Å². The fraction of sp³-hybridized carbons (Fsp3) is 0.269. The quantitative estimate of drug-likeness (QED) is 0.211. The molecule has 5 N–H and O–H groups in total. The minimum atomic E-state index is -0.752. The standard InChI is InChI=1S/C26H29N3O4S/c1-33-21-7-3-6-19(13-21)16-27-15-18-5-2-4-17(12-18)10-11-28-23(31)14-20-8-9-22(30)24-25(20)34-26(32)29-24/h2-9,12-13,23,27-28,30-31H,10-11,14-16H2,1H3,(H,29,32). The van der Waals surface area contributed by atoms with Crippen molar-refractivity contribution in [3.05, 3.63) is 92.6 Å². The van der Waals surface area contributed by atoms with Crippen LogP contribution in [0, 0.1) is 0 Å². The first-order valence-corrected chi connectivity index (χ1v) is 12.0. The van der Waals surface area contributed by atoms with E-state index in [0.29, 0.717) is 23.2 Å². The molecule has 0 fully saturated rings. The Balaban J connectivity index is 1.25. The minimum Gasteiger partial charge on any atom is -0.506 e. The van der Waals surface area contributed by atoms with Crippen LogP contribution in [0.1, 0.15) is 22.3 Å². The summed E-state index contributed by atoms with van der Waals surface area (Å²) < 4.78 is 5.95. The summed E-state index contributed by atoms with van der Waals surface area (Å²) in [7, 11) is 1.67. The van der Waals surface area contributed by atoms with E-state index in [1.807, 2.05) is 18.2 Å². The minimum absolute atomic E-state index is 0.0393. The summed E-state index contributed by atoms with van der Waals surface area (Å²) in [4.78, 5) is 14.1. The molecule has 0 spiro atoms. The fourth-order valence-electron chi connectivity index (χ4n) is 3.93. The van der Waals surface area contributed by atoms with Crippen molar-refractivity contribution in [1.29, 1.82) is 0 Å². The first-order valence-electron chi connectivity index (χ1n) is 11.2. The van der Waals surface area contributed by atoms with Crippen LogP contribution >= 0.6 is 11.3 Å². The molecule has 1 aromatic heterocycles. The number of phenols is 1. The van der Waals surface area contributed by atoms with Gasteiger partial charge in [0, 0.05) is 26.1 Å². The molecule has 178 valence electrons. The maximum atomic E-state index is 11.7. The molecular formula is C26H29N3O4S. The molecule has 0 saturated heterocycles. The topological polar surface area (TPSA) is 107 Å². The number of methoxy groups -OCH3 is 1. The number of aromatic nitrogens is 1. The van der Waals surface area contributed by atoms with E-state index in [-0.39, 0.29) is 10.6 Å². The fourth-order valence-corrected chi connectivity index (χ4v) is 4.80. The maximum absolute atomic E-state index is 11.7. The van der Waals surface area contributed by atoms with E-state index in [1.165, 1.54) is 16.7 Å². The van der Waals surface area contributed by atoms with Crippen LogP contribution in [-0.4, -0.2) is 35.1 Å². The molecule has 1 atom stereocenters. The zero-order chi connectivity index (χ0) is 23.9. The third-order valence-electron chi connectivity index (χ3n) is 5.63. The number of aliphatic hydroxyl groups excluding tert-OH is 1. The van der Waals surface area contributed by atoms with Gasteiger partial charge in [-0.15, -0.1) is 0 Å². The van der Waals surface area contributed by atoms with Gasteiger partial charge in [0.15, 0.2) is 0 Å². The lowest BCUT2D eigenvalue weighted by atomic mass is 10.1. The smallest absolute Gasteiger partial charge is 0.305 e. The molecule has 3 aromatic carbocycles. The van der Waals surface area contributed by atoms with Crippen molar-refractivity contribution in [3.63, 3.8) is 0 Å². The highest BCUT2D eigenvalue weighted by molar-refractivity contribution is 7.16. The van der Waals surface area contributed by atoms with Gasteiger partial charge in [0.05, 0.1) is 11.8 Å². The van der Waals surface area contributed by atoms with Gasteiger partial charge in [-0.05, 0) is 46.9 Å². The lowest BCUT2D eigenvalue weighted by molar-refractivity contribution is 0.138. The summed E-state index contributed by atoms with van der Waals surface area (Å²) in [6.07, 6.45) is 0.375. The number of fused-ring (bicyclic) bond motifs is 1. The molecule has 1 unspecified atom stereocenters. The zero-order valence-electron chi connectivity index (χ0n) is 19.0. The molecule has 0 aliphatic heterocycles. The van der Waals surface area contributed by atoms with E-state index in [0.717, 1.165) is 42.2 Å². The number of hydrogen-bond acceptors (Lipinski definition) is 7. The highest BCUT2D eigenvalue weighted by Crippen LogP contribution is 2.28. The van der Waals surface area contributed by atoms with Gasteiger partial charge in [0.25, 0.3) is 0 Å². The number of hydrogen-bond donors (Lipinski definition) is 5. The highest BCUT2D eigenvalue weighted by atomic mass is 32.1. The first-order chi connectivity index (χ1) is 16.5. The zero-order valence-corrected chi connectivity index (χ0v) is 19.8. The monoisotopic (exact) mass is 479 g/mol. The predicted molar refractivity (Wildman–Crippen MR) is 136 cm³/mol. The second kappa shape index (κ2) is 11.3. The number of rotatable bonds is 11. The molecule has 0 aliphatic rings. The van der Waals surface area contributed by atoms with Crippen LogP contribution in [0.4, 0.5) is 0 Å². The molecule has 0 aliphatic carbocycles. The van der Waals surface area contributed by atoms with Gasteiger partial charge < -0.3 is 25.3 Å². The molecular weight excluding hydrogens is 450 g/mol. The summed E-state index contributed by atoms with van der Waals surface area (Å²) in [5, 5.41) is 27.0. The van der Waals surface area contributed by atoms with Gasteiger partial charge in [0.1, 0.15) is 23.2 Å². The summed E-state index contributed by atoms with van der Waals surface area (Å²) >= 11 is 1.04. The Morgan fingerprint density at radius 2 is 1.76 bits per heavy atom. The molecule has 4 rings (SSSR count). The van der Waals surface area contributed by atoms with Crippen LogP contribution < -0.4 is 20.2 Å². The molecule has 4 aromatic rings. The number of phenolic OH excluding ortho intramolecular Hbond substituents is 1. The normalized spacial score (nSPS) is 12.2. The predicted octanol–water partition coefficient (Wildman–Crippen LogP) is 3.29. The van der Waals surface area contributed by atoms with Gasteiger partial charge in [-0.2, -0.15) is 0 Å². The number of ether oxygens (including phenoxy) is 1. The molecule has 8 heteroatoms. The van der Waals surface area contributed by atoms with Gasteiger partial charge in [-0.25, -0.2) is 0 Å². The van der Waals surface area contributed by atoms with Gasteiger partial charge in [0.2, 0.25) is 0 Å². The number of aromatic amines is 1. The van der Waals surface area contributed by atoms with Crippen LogP contribution in [0.3, 0.4) is 0 Å². The Labute approximate surface area is 202 Å². The largest absolute Gasteiger partial charge is 0.506 e. The van der Waals surface area contributed by atoms with E-state index in [4.69, 9.17) is 4.74 Å². The molecule has 0 radical (unpaired) electrons. The van der Waals surface area contributed by atoms with Gasteiger partial charge >= 0.3 is 4.87 Å². The second-order valence-electron chi connectivity index (χ2n) is 8.16. The van der Waals surface area contributed by atoms with Crippen molar-refractivity contribution < 1.29 is 14.9 Å². The van der Waals surface area contributed by atoms with Crippen molar-refractivity contribution in [3.8, 4) is 11.5 Å². The van der Waals surface area contributed by atoms with Crippen LogP contribution in [0.5, 0.6) is 11.5 Å². The lowest BCUT2D eigenvalue weighted by Gasteiger charge is -2.14. The Morgan fingerprint density at radius 1 is 1.03 bits per heavy atom. The first kappa shape index (κ1) is 24.0. The maximum Gasteiger partial charge on any atom is 0.305 e. The number of aromatic hydroxyl groups is 1. The average Bonchev–Trinajstić information content (AvgIpc) is 3.24. The Hall–Kier alpha value is -3.17. The lowest BCUT2D eigenvalue weighted by Crippen LogP contribution is -2.32. The van der Waals surface area contributed by atoms with Crippen LogP contribution in [-0.2, 0) is 25.9 Å². The second-order valence-corrected chi connectivity index (χ2v) is 9.14. The number of nitrogens with one attached hydrogen (secondary N) is 3. The van der Waals surface area contributed by atoms with Crippen LogP contribution in [0.2, 0.25) is 0 Å². The number of benzene rings is 3. The molecule has 1 heterocycles. The summed E-state index contributed by atoms with van der Waals surface area (Å²) in [5.41, 5.74) is 4.81. The summed E-state index contributed by atoms with van der Waals surface area (Å²) in [5.74, 6) is 0.895. The molecule has 0 bridgehead atoms. The molecule has 7 nitrogen and oxygen atoms in total. The van der Waals surface area contributed by atoms with Crippen molar-refractivity contribution in [2.75, 3.05) is 13.7 Å². The SMILES string of the molecule is COc1cccc(CNCc2cccc(CCNC(O)Cc3ccc(O)c4[nH]c(=O)sc34)c2)c1. The van der Waals surface area contributed by atoms with E-state index in [9.17, 15) is 15.0 Å². The van der Waals surface area contributed by atoms with Gasteiger partial charge in [-0.1, -0.05) is 53.8 Å². The van der Waals surface area contributed by atoms with E-state index in [2.05, 4.69) is 45.9 Å². The average molecular weight is 480 g/mol. The summed E-state index contributed by atoms with van der Waals surface area (Å²) in [6.45, 7) is 2.14. The third-order valence-corrected chi connectivity index (χ3v) is 6.59. The van der Waals surface area contributed by atoms with E-state index < -0.39 is 6.23 Å². The molecule has 34 heavy (non-hydrogen) atoms.